The number of halogens is 3. The van der Waals surface area contributed by atoms with Gasteiger partial charge in [-0.2, -0.15) is 13.2 Å². The molecule has 0 spiro atoms. The summed E-state index contributed by atoms with van der Waals surface area (Å²) in [7, 11) is -3.42. The van der Waals surface area contributed by atoms with Gasteiger partial charge in [-0.3, -0.25) is 9.69 Å². The molecule has 2 aliphatic heterocycles. The summed E-state index contributed by atoms with van der Waals surface area (Å²) in [6.45, 7) is 8.54. The van der Waals surface area contributed by atoms with Crippen LogP contribution in [0.5, 0.6) is 0 Å². The molecule has 4 rings (SSSR count). The fourth-order valence-electron chi connectivity index (χ4n) is 5.49. The summed E-state index contributed by atoms with van der Waals surface area (Å²) in [6.07, 6.45) is -0.802. The fraction of sp³-hybridized carbons (Fsp3) is 0.500. The molecular weight excluding hydrogens is 553 g/mol. The van der Waals surface area contributed by atoms with Gasteiger partial charge in [0.15, 0.2) is 0 Å². The second-order valence-electron chi connectivity index (χ2n) is 11.0. The molecule has 2 aliphatic rings. The zero-order chi connectivity index (χ0) is 29.5. The standard InChI is InChI=1S/C30H39F3N4O3S/c1-2-41(39,40)35-19-26-15-17-36(21-26)20-24-7-12-28(13-8-24)37(22-25-4-3-16-34-18-25)29(38)14-9-23-5-10-27(11-6-23)30(31,32)33/h2,5-8,10-13,25-26,34-35H,1,3-4,9,14-22H2/t25?,26-/m0/s1. The summed E-state index contributed by atoms with van der Waals surface area (Å²) in [4.78, 5) is 17.5. The molecule has 2 fully saturated rings. The number of likely N-dealkylation sites (tertiary alicyclic amines) is 1. The van der Waals surface area contributed by atoms with Crippen molar-refractivity contribution in [3.63, 3.8) is 0 Å². The Labute approximate surface area is 240 Å². The molecule has 0 aliphatic carbocycles. The molecule has 2 heterocycles. The van der Waals surface area contributed by atoms with E-state index in [0.717, 1.165) is 80.8 Å². The largest absolute Gasteiger partial charge is 0.416 e. The first-order valence-corrected chi connectivity index (χ1v) is 15.7. The van der Waals surface area contributed by atoms with Crippen LogP contribution in [0.25, 0.3) is 0 Å². The van der Waals surface area contributed by atoms with Crippen LogP contribution in [0.2, 0.25) is 0 Å². The number of piperidine rings is 1. The normalized spacial score (nSPS) is 20.2. The van der Waals surface area contributed by atoms with Gasteiger partial charge in [0, 0.05) is 43.7 Å². The molecule has 0 radical (unpaired) electrons. The molecule has 11 heteroatoms. The van der Waals surface area contributed by atoms with Gasteiger partial charge in [0.1, 0.15) is 0 Å². The van der Waals surface area contributed by atoms with Crippen LogP contribution in [0, 0.1) is 11.8 Å². The molecule has 1 unspecified atom stereocenters. The Kier molecular flexibility index (Phi) is 10.6. The number of sulfonamides is 1. The molecule has 2 N–H and O–H groups in total. The number of hydrogen-bond donors (Lipinski definition) is 2. The molecule has 2 aromatic rings. The average Bonchev–Trinajstić information content (AvgIpc) is 3.42. The number of rotatable bonds is 12. The van der Waals surface area contributed by atoms with Gasteiger partial charge in [-0.05, 0) is 92.5 Å². The second kappa shape index (κ2) is 14.0. The van der Waals surface area contributed by atoms with E-state index in [0.29, 0.717) is 31.0 Å². The highest BCUT2D eigenvalue weighted by atomic mass is 32.2. The molecular formula is C30H39F3N4O3S. The summed E-state index contributed by atoms with van der Waals surface area (Å²) in [6, 6.07) is 13.0. The Bertz CT molecular complexity index is 1260. The van der Waals surface area contributed by atoms with Gasteiger partial charge in [-0.25, -0.2) is 13.1 Å². The van der Waals surface area contributed by atoms with Crippen LogP contribution >= 0.6 is 0 Å². The van der Waals surface area contributed by atoms with E-state index in [1.807, 2.05) is 29.2 Å². The minimum atomic E-state index is -4.38. The number of hydrogen-bond acceptors (Lipinski definition) is 5. The van der Waals surface area contributed by atoms with Gasteiger partial charge in [0.25, 0.3) is 0 Å². The Morgan fingerprint density at radius 2 is 1.78 bits per heavy atom. The van der Waals surface area contributed by atoms with Crippen LogP contribution in [0.15, 0.2) is 60.5 Å². The Morgan fingerprint density at radius 1 is 1.07 bits per heavy atom. The maximum Gasteiger partial charge on any atom is 0.416 e. The third kappa shape index (κ3) is 9.39. The number of nitrogens with one attached hydrogen (secondary N) is 2. The lowest BCUT2D eigenvalue weighted by atomic mass is 9.98. The summed E-state index contributed by atoms with van der Waals surface area (Å²) < 4.78 is 64.5. The van der Waals surface area contributed by atoms with Crippen molar-refractivity contribution in [1.82, 2.24) is 14.9 Å². The maximum atomic E-state index is 13.4. The van der Waals surface area contributed by atoms with E-state index in [2.05, 4.69) is 21.5 Å². The number of carbonyl (C=O) groups is 1. The second-order valence-corrected chi connectivity index (χ2v) is 12.7. The van der Waals surface area contributed by atoms with Crippen molar-refractivity contribution in [3.8, 4) is 0 Å². The van der Waals surface area contributed by atoms with Gasteiger partial charge in [0.05, 0.1) is 5.56 Å². The van der Waals surface area contributed by atoms with E-state index in [-0.39, 0.29) is 18.2 Å². The monoisotopic (exact) mass is 592 g/mol. The van der Waals surface area contributed by atoms with E-state index >= 15 is 0 Å². The van der Waals surface area contributed by atoms with Crippen molar-refractivity contribution in [2.75, 3.05) is 44.2 Å². The number of aryl methyl sites for hydroxylation is 1. The Balaban J connectivity index is 1.37. The number of carbonyl (C=O) groups excluding carboxylic acids is 1. The van der Waals surface area contributed by atoms with E-state index in [4.69, 9.17) is 0 Å². The predicted molar refractivity (Wildman–Crippen MR) is 155 cm³/mol. The summed E-state index contributed by atoms with van der Waals surface area (Å²) in [5.41, 5.74) is 1.93. The Morgan fingerprint density at radius 3 is 2.41 bits per heavy atom. The lowest BCUT2D eigenvalue weighted by Gasteiger charge is -2.30. The minimum absolute atomic E-state index is 0.0485. The van der Waals surface area contributed by atoms with E-state index in [1.54, 1.807) is 0 Å². The number of anilines is 1. The third-order valence-corrected chi connectivity index (χ3v) is 8.87. The molecule has 0 saturated carbocycles. The molecule has 7 nitrogen and oxygen atoms in total. The quantitative estimate of drug-likeness (QED) is 0.378. The zero-order valence-electron chi connectivity index (χ0n) is 23.2. The maximum absolute atomic E-state index is 13.4. The van der Waals surface area contributed by atoms with Gasteiger partial charge in [-0.1, -0.05) is 30.8 Å². The Hall–Kier alpha value is -2.73. The van der Waals surface area contributed by atoms with Crippen molar-refractivity contribution in [1.29, 1.82) is 0 Å². The van der Waals surface area contributed by atoms with Gasteiger partial charge >= 0.3 is 6.18 Å². The zero-order valence-corrected chi connectivity index (χ0v) is 24.0. The van der Waals surface area contributed by atoms with E-state index in [9.17, 15) is 26.4 Å². The molecule has 1 amide bonds. The smallest absolute Gasteiger partial charge is 0.316 e. The topological polar surface area (TPSA) is 81.8 Å². The summed E-state index contributed by atoms with van der Waals surface area (Å²) >= 11 is 0. The molecule has 0 aromatic heterocycles. The highest BCUT2D eigenvalue weighted by Crippen LogP contribution is 2.29. The SMILES string of the molecule is C=CS(=O)(=O)NC[C@@H]1CCN(Cc2ccc(N(CC3CCCNC3)C(=O)CCc3ccc(C(F)(F)F)cc3)cc2)C1. The number of alkyl halides is 3. The number of nitrogens with zero attached hydrogens (tertiary/aromatic N) is 2. The van der Waals surface area contributed by atoms with Crippen LogP contribution in [0.1, 0.15) is 42.4 Å². The molecule has 2 atom stereocenters. The van der Waals surface area contributed by atoms with Crippen LogP contribution in [-0.4, -0.2) is 58.5 Å². The van der Waals surface area contributed by atoms with Crippen molar-refractivity contribution in [2.24, 2.45) is 11.8 Å². The lowest BCUT2D eigenvalue weighted by molar-refractivity contribution is -0.137. The van der Waals surface area contributed by atoms with E-state index < -0.39 is 21.8 Å². The highest BCUT2D eigenvalue weighted by molar-refractivity contribution is 7.92. The first-order valence-electron chi connectivity index (χ1n) is 14.1. The first kappa shape index (κ1) is 31.2. The van der Waals surface area contributed by atoms with Crippen molar-refractivity contribution >= 4 is 21.6 Å². The molecule has 0 bridgehead atoms. The van der Waals surface area contributed by atoms with Crippen LogP contribution in [0.4, 0.5) is 18.9 Å². The highest BCUT2D eigenvalue weighted by Gasteiger charge is 2.30. The molecule has 2 saturated heterocycles. The average molecular weight is 593 g/mol. The molecule has 41 heavy (non-hydrogen) atoms. The number of amides is 1. The summed E-state index contributed by atoms with van der Waals surface area (Å²) in [5, 5.41) is 4.33. The van der Waals surface area contributed by atoms with Crippen LogP contribution < -0.4 is 14.9 Å². The van der Waals surface area contributed by atoms with E-state index in [1.165, 1.54) is 12.1 Å². The molecule has 224 valence electrons. The van der Waals surface area contributed by atoms with Crippen molar-refractivity contribution in [2.45, 2.75) is 44.8 Å². The lowest BCUT2D eigenvalue weighted by Crippen LogP contribution is -2.41. The van der Waals surface area contributed by atoms with Gasteiger partial charge in [-0.15, -0.1) is 0 Å². The predicted octanol–water partition coefficient (Wildman–Crippen LogP) is 4.56. The van der Waals surface area contributed by atoms with Crippen LogP contribution in [0.3, 0.4) is 0 Å². The first-order chi connectivity index (χ1) is 19.5. The van der Waals surface area contributed by atoms with Crippen molar-refractivity contribution in [3.05, 3.63) is 77.2 Å². The minimum Gasteiger partial charge on any atom is -0.316 e. The number of benzene rings is 2. The summed E-state index contributed by atoms with van der Waals surface area (Å²) in [5.74, 6) is 0.525. The fourth-order valence-corrected chi connectivity index (χ4v) is 6.08. The van der Waals surface area contributed by atoms with Crippen molar-refractivity contribution < 1.29 is 26.4 Å². The molecule has 2 aromatic carbocycles. The van der Waals surface area contributed by atoms with Gasteiger partial charge < -0.3 is 10.2 Å². The van der Waals surface area contributed by atoms with Gasteiger partial charge in [0.2, 0.25) is 15.9 Å². The third-order valence-electron chi connectivity index (χ3n) is 7.87. The van der Waals surface area contributed by atoms with Crippen LogP contribution in [-0.2, 0) is 34.0 Å².